The number of amides is 2. The van der Waals surface area contributed by atoms with Crippen molar-refractivity contribution in [1.29, 1.82) is 0 Å². The topological polar surface area (TPSA) is 206 Å². The summed E-state index contributed by atoms with van der Waals surface area (Å²) in [6.07, 6.45) is 0. The highest BCUT2D eigenvalue weighted by Crippen LogP contribution is 2.27. The molecule has 206 valence electrons. The molecular formula is C20H29N5O10S2. The van der Waals surface area contributed by atoms with Crippen molar-refractivity contribution in [2.45, 2.75) is 52.3 Å². The molecule has 1 aromatic rings. The van der Waals surface area contributed by atoms with Gasteiger partial charge in [-0.1, -0.05) is 5.16 Å². The van der Waals surface area contributed by atoms with Crippen molar-refractivity contribution in [2.75, 3.05) is 26.6 Å². The summed E-state index contributed by atoms with van der Waals surface area (Å²) in [7, 11) is -2.29. The quantitative estimate of drug-likeness (QED) is 0.152. The van der Waals surface area contributed by atoms with E-state index in [0.29, 0.717) is 4.31 Å². The van der Waals surface area contributed by atoms with Gasteiger partial charge in [0.15, 0.2) is 10.8 Å². The van der Waals surface area contributed by atoms with Crippen molar-refractivity contribution in [3.05, 3.63) is 11.1 Å². The third-order valence-corrected chi connectivity index (χ3v) is 7.28. The number of nitrogens with one attached hydrogen (secondary N) is 1. The number of nitrogen functional groups attached to an aromatic ring is 1. The van der Waals surface area contributed by atoms with Gasteiger partial charge >= 0.3 is 22.2 Å². The monoisotopic (exact) mass is 563 g/mol. The highest BCUT2D eigenvalue weighted by molar-refractivity contribution is 7.85. The molecule has 0 aliphatic carbocycles. The minimum Gasteiger partial charge on any atom is -0.469 e. The van der Waals surface area contributed by atoms with E-state index in [1.54, 1.807) is 0 Å². The Balaban J connectivity index is 2.19. The number of hydrogen-bond acceptors (Lipinski definition) is 14. The molecule has 0 unspecified atom stereocenters. The number of carbonyl (C=O) groups is 4. The third kappa shape index (κ3) is 6.53. The van der Waals surface area contributed by atoms with Crippen LogP contribution in [0.15, 0.2) is 10.5 Å². The Bertz CT molecular complexity index is 1210. The van der Waals surface area contributed by atoms with Crippen LogP contribution in [0.25, 0.3) is 0 Å². The molecule has 0 aromatic carbocycles. The zero-order valence-corrected chi connectivity index (χ0v) is 22.9. The molecule has 3 N–H and O–H groups in total. The number of anilines is 1. The van der Waals surface area contributed by atoms with Gasteiger partial charge in [0.2, 0.25) is 5.60 Å². The van der Waals surface area contributed by atoms with E-state index in [0.717, 1.165) is 25.6 Å². The average Bonchev–Trinajstić information content (AvgIpc) is 3.25. The van der Waals surface area contributed by atoms with Crippen LogP contribution in [-0.4, -0.2) is 85.7 Å². The van der Waals surface area contributed by atoms with Gasteiger partial charge in [0.25, 0.3) is 11.8 Å². The number of nitrogens with zero attached hydrogens (tertiary/aromatic N) is 3. The molecule has 0 bridgehead atoms. The second-order valence-electron chi connectivity index (χ2n) is 9.03. The van der Waals surface area contributed by atoms with E-state index < -0.39 is 69.5 Å². The molecule has 17 heteroatoms. The zero-order valence-electron chi connectivity index (χ0n) is 21.3. The van der Waals surface area contributed by atoms with Crippen molar-refractivity contribution in [1.82, 2.24) is 14.6 Å². The molecule has 2 heterocycles. The number of aromatic nitrogens is 1. The van der Waals surface area contributed by atoms with E-state index in [1.807, 2.05) is 0 Å². The number of ether oxygens (including phenoxy) is 2. The maximum atomic E-state index is 13.0. The minimum atomic E-state index is -4.59. The van der Waals surface area contributed by atoms with E-state index in [2.05, 4.69) is 24.9 Å². The second-order valence-corrected chi connectivity index (χ2v) is 11.4. The fourth-order valence-corrected chi connectivity index (χ4v) is 4.93. The Morgan fingerprint density at radius 1 is 1.19 bits per heavy atom. The number of nitrogens with two attached hydrogens (primary N) is 1. The lowest BCUT2D eigenvalue weighted by Gasteiger charge is -2.43. The van der Waals surface area contributed by atoms with Crippen molar-refractivity contribution in [3.63, 3.8) is 0 Å². The smallest absolute Gasteiger partial charge is 0.365 e. The number of rotatable bonds is 11. The van der Waals surface area contributed by atoms with Crippen molar-refractivity contribution in [2.24, 2.45) is 10.6 Å². The van der Waals surface area contributed by atoms with Gasteiger partial charge < -0.3 is 25.4 Å². The highest BCUT2D eigenvalue weighted by atomic mass is 32.2. The summed E-state index contributed by atoms with van der Waals surface area (Å²) in [6, 6.07) is -2.31. The van der Waals surface area contributed by atoms with Gasteiger partial charge in [-0.2, -0.15) is 8.42 Å². The Hall–Kier alpha value is -3.31. The summed E-state index contributed by atoms with van der Waals surface area (Å²) in [5, 5.41) is 7.63. The first kappa shape index (κ1) is 29.9. The van der Waals surface area contributed by atoms with Crippen LogP contribution >= 0.6 is 11.3 Å². The van der Waals surface area contributed by atoms with Crippen molar-refractivity contribution < 1.29 is 46.1 Å². The van der Waals surface area contributed by atoms with E-state index >= 15 is 0 Å². The van der Waals surface area contributed by atoms with Crippen LogP contribution < -0.4 is 11.1 Å². The standard InChI is InChI=1S/C20H29N5O10S2/c1-10-12(15(27)25(10)37(30,31)34-9-19(2,3)16(28)32-6)23-14(26)13(11-8-36-18(21)22-11)24-35-20(4,5)17(29)33-7/h8,10,12H,9H2,1-7H3,(H2,21,22)(H,23,26)/b24-13+/t10-,12-/m0/s1. The lowest BCUT2D eigenvalue weighted by Crippen LogP contribution is -2.71. The van der Waals surface area contributed by atoms with Crippen LogP contribution in [0.5, 0.6) is 0 Å². The first-order valence-corrected chi connectivity index (χ1v) is 12.9. The van der Waals surface area contributed by atoms with Crippen LogP contribution in [0, 0.1) is 5.41 Å². The summed E-state index contributed by atoms with van der Waals surface area (Å²) in [5.74, 6) is -3.40. The number of oxime groups is 1. The van der Waals surface area contributed by atoms with Gasteiger partial charge in [0, 0.05) is 5.38 Å². The Morgan fingerprint density at radius 3 is 2.27 bits per heavy atom. The lowest BCUT2D eigenvalue weighted by atomic mass is 9.95. The zero-order chi connectivity index (χ0) is 28.3. The van der Waals surface area contributed by atoms with Gasteiger partial charge in [0.1, 0.15) is 11.7 Å². The molecule has 1 aromatic heterocycles. The Kier molecular flexibility index (Phi) is 8.87. The van der Waals surface area contributed by atoms with E-state index in [-0.39, 0.29) is 10.8 Å². The summed E-state index contributed by atoms with van der Waals surface area (Å²) in [5.41, 5.74) is 2.35. The van der Waals surface area contributed by atoms with Gasteiger partial charge in [0.05, 0.1) is 32.3 Å². The van der Waals surface area contributed by atoms with Crippen LogP contribution in [0.1, 0.15) is 40.3 Å². The van der Waals surface area contributed by atoms with Crippen LogP contribution in [-0.2, 0) is 48.0 Å². The number of hydrogen-bond donors (Lipinski definition) is 2. The normalized spacial score (nSPS) is 18.6. The van der Waals surface area contributed by atoms with Gasteiger partial charge in [-0.3, -0.25) is 18.6 Å². The van der Waals surface area contributed by atoms with E-state index in [1.165, 1.54) is 40.0 Å². The summed E-state index contributed by atoms with van der Waals surface area (Å²) in [6.45, 7) is 6.32. The summed E-state index contributed by atoms with van der Waals surface area (Å²) >= 11 is 1.00. The number of thiazole rings is 1. The SMILES string of the molecule is COC(=O)C(C)(C)COS(=O)(=O)N1C(=O)[C@@H](NC(=O)/C(=N/OC(C)(C)C(=O)OC)c2csc(N)n2)[C@@H]1C. The van der Waals surface area contributed by atoms with Crippen molar-refractivity contribution in [3.8, 4) is 0 Å². The third-order valence-electron chi connectivity index (χ3n) is 5.19. The summed E-state index contributed by atoms with van der Waals surface area (Å²) in [4.78, 5) is 58.5. The first-order valence-electron chi connectivity index (χ1n) is 10.7. The number of methoxy groups -OCH3 is 2. The molecule has 1 aliphatic heterocycles. The van der Waals surface area contributed by atoms with E-state index in [9.17, 15) is 27.6 Å². The van der Waals surface area contributed by atoms with Crippen LogP contribution in [0.4, 0.5) is 5.13 Å². The summed E-state index contributed by atoms with van der Waals surface area (Å²) < 4.78 is 39.8. The molecule has 2 atom stereocenters. The Labute approximate surface area is 217 Å². The highest BCUT2D eigenvalue weighted by Gasteiger charge is 2.53. The molecule has 37 heavy (non-hydrogen) atoms. The number of β-lactam (4-membered cyclic amide) rings is 1. The van der Waals surface area contributed by atoms with Crippen LogP contribution in [0.3, 0.4) is 0 Å². The molecule has 1 fully saturated rings. The molecule has 1 saturated heterocycles. The van der Waals surface area contributed by atoms with Gasteiger partial charge in [-0.05, 0) is 34.6 Å². The molecule has 0 saturated carbocycles. The Morgan fingerprint density at radius 2 is 1.78 bits per heavy atom. The second kappa shape index (κ2) is 11.0. The molecule has 2 rings (SSSR count). The maximum absolute atomic E-state index is 13.0. The lowest BCUT2D eigenvalue weighted by molar-refractivity contribution is -0.165. The maximum Gasteiger partial charge on any atom is 0.365 e. The molecule has 0 radical (unpaired) electrons. The first-order chi connectivity index (χ1) is 17.0. The molecule has 2 amide bonds. The van der Waals surface area contributed by atoms with E-state index in [4.69, 9.17) is 14.8 Å². The fraction of sp³-hybridized carbons (Fsp3) is 0.600. The number of carbonyl (C=O) groups excluding carboxylic acids is 4. The van der Waals surface area contributed by atoms with Gasteiger partial charge in [-0.15, -0.1) is 11.3 Å². The molecule has 0 spiro atoms. The molecular weight excluding hydrogens is 534 g/mol. The molecule has 15 nitrogen and oxygen atoms in total. The predicted octanol–water partition coefficient (Wildman–Crippen LogP) is -0.426. The number of esters is 2. The fourth-order valence-electron chi connectivity index (χ4n) is 2.96. The van der Waals surface area contributed by atoms with Crippen molar-refractivity contribution >= 4 is 56.2 Å². The molecule has 1 aliphatic rings. The average molecular weight is 564 g/mol. The minimum absolute atomic E-state index is 0.00190. The predicted molar refractivity (Wildman–Crippen MR) is 129 cm³/mol. The largest absolute Gasteiger partial charge is 0.469 e. The van der Waals surface area contributed by atoms with Crippen LogP contribution in [0.2, 0.25) is 0 Å². The van der Waals surface area contributed by atoms with Gasteiger partial charge in [-0.25, -0.2) is 14.1 Å².